The van der Waals surface area contributed by atoms with Crippen molar-refractivity contribution >= 4 is 0 Å². The van der Waals surface area contributed by atoms with Crippen LogP contribution in [0.15, 0.2) is 36.2 Å². The summed E-state index contributed by atoms with van der Waals surface area (Å²) in [5.74, 6) is 1.87. The highest BCUT2D eigenvalue weighted by atomic mass is 16.5. The zero-order chi connectivity index (χ0) is 14.8. The van der Waals surface area contributed by atoms with Gasteiger partial charge >= 0.3 is 0 Å². The number of rotatable bonds is 9. The normalized spacial score (nSPS) is 11.5. The van der Waals surface area contributed by atoms with Crippen molar-refractivity contribution in [2.24, 2.45) is 0 Å². The smallest absolute Gasteiger partial charge is 0.127 e. The molecule has 0 spiro atoms. The van der Waals surface area contributed by atoms with Gasteiger partial charge in [-0.25, -0.2) is 0 Å². The van der Waals surface area contributed by atoms with Crippen molar-refractivity contribution < 1.29 is 4.74 Å². The molecule has 0 aromatic heterocycles. The molecule has 0 atom stereocenters. The number of hydrogen-bond acceptors (Lipinski definition) is 2. The lowest BCUT2D eigenvalue weighted by molar-refractivity contribution is 0.333. The van der Waals surface area contributed by atoms with Crippen LogP contribution in [0.5, 0.6) is 5.75 Å². The lowest BCUT2D eigenvalue weighted by atomic mass is 10.2. The van der Waals surface area contributed by atoms with E-state index in [-0.39, 0.29) is 0 Å². The molecule has 0 aliphatic carbocycles. The summed E-state index contributed by atoms with van der Waals surface area (Å²) < 4.78 is 5.88. The Morgan fingerprint density at radius 1 is 1.05 bits per heavy atom. The average Bonchev–Trinajstić information content (AvgIpc) is 2.44. The Hall–Kier alpha value is -1.44. The maximum absolute atomic E-state index is 5.88. The van der Waals surface area contributed by atoms with Gasteiger partial charge in [0.1, 0.15) is 11.5 Å². The van der Waals surface area contributed by atoms with Gasteiger partial charge in [0, 0.05) is 19.3 Å². The average molecular weight is 275 g/mol. The van der Waals surface area contributed by atoms with Crippen molar-refractivity contribution in [2.75, 3.05) is 13.1 Å². The predicted molar refractivity (Wildman–Crippen MR) is 87.0 cm³/mol. The van der Waals surface area contributed by atoms with Crippen LogP contribution in [-0.4, -0.2) is 18.0 Å². The highest BCUT2D eigenvalue weighted by Gasteiger charge is 2.02. The van der Waals surface area contributed by atoms with Gasteiger partial charge in [0.05, 0.1) is 0 Å². The van der Waals surface area contributed by atoms with E-state index in [2.05, 4.69) is 44.0 Å². The molecule has 0 radical (unpaired) electrons. The van der Waals surface area contributed by atoms with Gasteiger partial charge in [-0.1, -0.05) is 44.4 Å². The number of ether oxygens (including phenoxy) is 1. The van der Waals surface area contributed by atoms with E-state index in [1.54, 1.807) is 0 Å². The summed E-state index contributed by atoms with van der Waals surface area (Å²) in [7, 11) is 0. The molecule has 0 heterocycles. The Morgan fingerprint density at radius 3 is 2.10 bits per heavy atom. The molecular weight excluding hydrogens is 246 g/mol. The number of nitrogens with zero attached hydrogens (tertiary/aromatic N) is 1. The predicted octanol–water partition coefficient (Wildman–Crippen LogP) is 5.14. The third-order valence-electron chi connectivity index (χ3n) is 3.26. The molecule has 1 aromatic carbocycles. The van der Waals surface area contributed by atoms with E-state index in [0.717, 1.165) is 24.6 Å². The molecule has 0 bridgehead atoms. The lowest BCUT2D eigenvalue weighted by Crippen LogP contribution is -2.21. The van der Waals surface area contributed by atoms with Crippen molar-refractivity contribution in [3.8, 4) is 5.75 Å². The summed E-state index contributed by atoms with van der Waals surface area (Å²) in [6.07, 6.45) is 7.09. The Bertz CT molecular complexity index is 386. The molecular formula is C18H29NO. The second kappa shape index (κ2) is 9.46. The zero-order valence-corrected chi connectivity index (χ0v) is 13.5. The van der Waals surface area contributed by atoms with Gasteiger partial charge < -0.3 is 9.64 Å². The van der Waals surface area contributed by atoms with Crippen LogP contribution < -0.4 is 4.74 Å². The van der Waals surface area contributed by atoms with E-state index in [0.29, 0.717) is 0 Å². The summed E-state index contributed by atoms with van der Waals surface area (Å²) in [6, 6.07) is 8.20. The fourth-order valence-corrected chi connectivity index (χ4v) is 2.04. The molecule has 0 aliphatic rings. The van der Waals surface area contributed by atoms with Gasteiger partial charge in [-0.15, -0.1) is 0 Å². The van der Waals surface area contributed by atoms with E-state index < -0.39 is 0 Å². The highest BCUT2D eigenvalue weighted by Crippen LogP contribution is 2.15. The van der Waals surface area contributed by atoms with Crippen LogP contribution >= 0.6 is 0 Å². The molecule has 0 N–H and O–H groups in total. The van der Waals surface area contributed by atoms with Gasteiger partial charge in [0.2, 0.25) is 0 Å². The molecule has 0 saturated heterocycles. The molecule has 2 nitrogen and oxygen atoms in total. The Labute approximate surface area is 124 Å². The first-order valence-corrected chi connectivity index (χ1v) is 7.82. The maximum Gasteiger partial charge on any atom is 0.127 e. The lowest BCUT2D eigenvalue weighted by Gasteiger charge is -2.21. The quantitative estimate of drug-likeness (QED) is 0.579. The van der Waals surface area contributed by atoms with Crippen molar-refractivity contribution in [3.63, 3.8) is 0 Å². The fraction of sp³-hybridized carbons (Fsp3) is 0.556. The molecule has 0 amide bonds. The molecule has 0 fully saturated rings. The number of unbranched alkanes of at least 4 members (excludes halogenated alkanes) is 2. The highest BCUT2D eigenvalue weighted by molar-refractivity contribution is 5.27. The molecule has 20 heavy (non-hydrogen) atoms. The second-order valence-electron chi connectivity index (χ2n) is 5.40. The van der Waals surface area contributed by atoms with E-state index in [4.69, 9.17) is 4.74 Å². The minimum atomic E-state index is 0.912. The van der Waals surface area contributed by atoms with Crippen molar-refractivity contribution in [3.05, 3.63) is 41.8 Å². The van der Waals surface area contributed by atoms with Gasteiger partial charge in [0.25, 0.3) is 0 Å². The molecule has 0 saturated carbocycles. The van der Waals surface area contributed by atoms with Gasteiger partial charge in [0.15, 0.2) is 0 Å². The van der Waals surface area contributed by atoms with Crippen LogP contribution in [0.25, 0.3) is 0 Å². The summed E-state index contributed by atoms with van der Waals surface area (Å²) >= 11 is 0. The monoisotopic (exact) mass is 275 g/mol. The van der Waals surface area contributed by atoms with E-state index in [1.165, 1.54) is 31.2 Å². The maximum atomic E-state index is 5.88. The fourth-order valence-electron chi connectivity index (χ4n) is 2.04. The molecule has 112 valence electrons. The third kappa shape index (κ3) is 6.65. The molecule has 1 aromatic rings. The first-order chi connectivity index (χ1) is 9.65. The molecule has 1 rings (SSSR count). The van der Waals surface area contributed by atoms with E-state index in [1.807, 2.05) is 19.1 Å². The molecule has 0 unspecified atom stereocenters. The summed E-state index contributed by atoms with van der Waals surface area (Å²) in [5, 5.41) is 0. The zero-order valence-electron chi connectivity index (χ0n) is 13.5. The Morgan fingerprint density at radius 2 is 1.60 bits per heavy atom. The largest absolute Gasteiger partial charge is 0.461 e. The van der Waals surface area contributed by atoms with Gasteiger partial charge in [-0.05, 0) is 38.8 Å². The summed E-state index contributed by atoms with van der Waals surface area (Å²) in [6.45, 7) is 10.8. The number of aryl methyl sites for hydroxylation is 1. The standard InChI is InChI=1S/C18H29NO/c1-5-7-13-19(14-8-6-2)15-17(4)20-18-11-9-16(3)10-12-18/h9-12,15H,5-8,13-14H2,1-4H3/b17-15-. The molecule has 2 heteroatoms. The Kier molecular flexibility index (Phi) is 7.86. The van der Waals surface area contributed by atoms with Crippen LogP contribution in [0, 0.1) is 6.92 Å². The summed E-state index contributed by atoms with van der Waals surface area (Å²) in [5.41, 5.74) is 1.26. The van der Waals surface area contributed by atoms with Crippen molar-refractivity contribution in [1.82, 2.24) is 4.90 Å². The first kappa shape index (κ1) is 16.6. The number of allylic oxidation sites excluding steroid dienone is 1. The van der Waals surface area contributed by atoms with Crippen LogP contribution in [0.2, 0.25) is 0 Å². The van der Waals surface area contributed by atoms with Crippen LogP contribution in [-0.2, 0) is 0 Å². The third-order valence-corrected chi connectivity index (χ3v) is 3.26. The van der Waals surface area contributed by atoms with Gasteiger partial charge in [-0.2, -0.15) is 0 Å². The SMILES string of the molecule is CCCCN(/C=C(/C)Oc1ccc(C)cc1)CCCC. The second-order valence-corrected chi connectivity index (χ2v) is 5.40. The summed E-state index contributed by atoms with van der Waals surface area (Å²) in [4.78, 5) is 2.39. The number of benzene rings is 1. The Balaban J connectivity index is 2.59. The minimum absolute atomic E-state index is 0.912. The van der Waals surface area contributed by atoms with E-state index in [9.17, 15) is 0 Å². The minimum Gasteiger partial charge on any atom is -0.461 e. The topological polar surface area (TPSA) is 12.5 Å². The van der Waals surface area contributed by atoms with Crippen molar-refractivity contribution in [2.45, 2.75) is 53.4 Å². The van der Waals surface area contributed by atoms with Crippen LogP contribution in [0.3, 0.4) is 0 Å². The first-order valence-electron chi connectivity index (χ1n) is 7.82. The number of hydrogen-bond donors (Lipinski definition) is 0. The van der Waals surface area contributed by atoms with Crippen LogP contribution in [0.1, 0.15) is 52.0 Å². The molecule has 0 aliphatic heterocycles. The van der Waals surface area contributed by atoms with E-state index >= 15 is 0 Å². The van der Waals surface area contributed by atoms with Crippen LogP contribution in [0.4, 0.5) is 0 Å². The van der Waals surface area contributed by atoms with Gasteiger partial charge in [-0.3, -0.25) is 0 Å². The van der Waals surface area contributed by atoms with Crippen molar-refractivity contribution in [1.29, 1.82) is 0 Å².